The van der Waals surface area contributed by atoms with Crippen molar-refractivity contribution in [2.45, 2.75) is 24.8 Å². The summed E-state index contributed by atoms with van der Waals surface area (Å²) in [6.45, 7) is 6.08. The highest BCUT2D eigenvalue weighted by Crippen LogP contribution is 2.39. The van der Waals surface area contributed by atoms with Crippen LogP contribution >= 0.6 is 0 Å². The van der Waals surface area contributed by atoms with Gasteiger partial charge in [-0.1, -0.05) is 18.2 Å². The van der Waals surface area contributed by atoms with Crippen molar-refractivity contribution in [3.63, 3.8) is 0 Å². The molecule has 0 bridgehead atoms. The van der Waals surface area contributed by atoms with Crippen LogP contribution in [0.3, 0.4) is 0 Å². The van der Waals surface area contributed by atoms with E-state index >= 15 is 0 Å². The minimum absolute atomic E-state index is 0.106. The molecule has 1 saturated heterocycles. The van der Waals surface area contributed by atoms with Gasteiger partial charge in [0.15, 0.2) is 5.76 Å². The van der Waals surface area contributed by atoms with E-state index in [0.29, 0.717) is 44.1 Å². The van der Waals surface area contributed by atoms with Crippen molar-refractivity contribution in [1.82, 2.24) is 9.21 Å². The zero-order valence-electron chi connectivity index (χ0n) is 21.1. The number of amides is 2. The number of carbonyl (C=O) groups excluding carboxylic acids is 2. The molecule has 1 fully saturated rings. The number of piperazine rings is 1. The van der Waals surface area contributed by atoms with Crippen molar-refractivity contribution < 1.29 is 22.4 Å². The zero-order chi connectivity index (χ0) is 26.3. The summed E-state index contributed by atoms with van der Waals surface area (Å²) in [7, 11) is -1.58. The fourth-order valence-electron chi connectivity index (χ4n) is 5.01. The van der Waals surface area contributed by atoms with Crippen molar-refractivity contribution >= 4 is 33.2 Å². The monoisotopic (exact) mass is 522 g/mol. The van der Waals surface area contributed by atoms with Gasteiger partial charge in [0.25, 0.3) is 5.91 Å². The molecule has 2 aliphatic heterocycles. The van der Waals surface area contributed by atoms with E-state index in [9.17, 15) is 18.0 Å². The van der Waals surface area contributed by atoms with Gasteiger partial charge in [-0.25, -0.2) is 8.42 Å². The van der Waals surface area contributed by atoms with E-state index in [0.717, 1.165) is 11.1 Å². The highest BCUT2D eigenvalue weighted by atomic mass is 32.2. The minimum atomic E-state index is -3.57. The van der Waals surface area contributed by atoms with Crippen molar-refractivity contribution in [3.8, 4) is 11.1 Å². The number of fused-ring (bicyclic) bond motifs is 1. The molecule has 1 atom stereocenters. The summed E-state index contributed by atoms with van der Waals surface area (Å²) in [6.07, 6.45) is 1.46. The molecule has 37 heavy (non-hydrogen) atoms. The largest absolute Gasteiger partial charge is 0.459 e. The molecule has 0 radical (unpaired) electrons. The first-order valence-electron chi connectivity index (χ1n) is 12.2. The fourth-order valence-corrected chi connectivity index (χ4v) is 6.43. The first-order chi connectivity index (χ1) is 17.7. The van der Waals surface area contributed by atoms with Crippen molar-refractivity contribution in [2.24, 2.45) is 0 Å². The van der Waals surface area contributed by atoms with Gasteiger partial charge in [0.1, 0.15) is 0 Å². The van der Waals surface area contributed by atoms with Gasteiger partial charge >= 0.3 is 0 Å². The highest BCUT2D eigenvalue weighted by Gasteiger charge is 2.35. The van der Waals surface area contributed by atoms with Crippen LogP contribution < -0.4 is 9.80 Å². The predicted molar refractivity (Wildman–Crippen MR) is 141 cm³/mol. The van der Waals surface area contributed by atoms with Gasteiger partial charge in [0.2, 0.25) is 15.9 Å². The number of sulfonamides is 1. The molecule has 2 aliphatic rings. The summed E-state index contributed by atoms with van der Waals surface area (Å²) < 4.78 is 33.1. The van der Waals surface area contributed by atoms with Crippen LogP contribution in [0.1, 0.15) is 24.4 Å². The van der Waals surface area contributed by atoms with Crippen LogP contribution in [0, 0.1) is 0 Å². The van der Waals surface area contributed by atoms with Crippen LogP contribution in [0.2, 0.25) is 0 Å². The smallest absolute Gasteiger partial charge is 0.294 e. The van der Waals surface area contributed by atoms with Gasteiger partial charge in [-0.05, 0) is 61.5 Å². The van der Waals surface area contributed by atoms with Gasteiger partial charge in [-0.15, -0.1) is 0 Å². The maximum Gasteiger partial charge on any atom is 0.294 e. The Balaban J connectivity index is 1.49. The lowest BCUT2D eigenvalue weighted by atomic mass is 10.0. The summed E-state index contributed by atoms with van der Waals surface area (Å²) in [5.41, 5.74) is 2.85. The fraction of sp³-hybridized carbons (Fsp3) is 0.333. The van der Waals surface area contributed by atoms with Crippen molar-refractivity contribution in [2.75, 3.05) is 49.6 Å². The van der Waals surface area contributed by atoms with Crippen LogP contribution in [0.25, 0.3) is 11.1 Å². The predicted octanol–water partition coefficient (Wildman–Crippen LogP) is 3.28. The molecule has 0 spiro atoms. The van der Waals surface area contributed by atoms with Crippen molar-refractivity contribution in [1.29, 1.82) is 0 Å². The Labute approximate surface area is 216 Å². The molecular weight excluding hydrogens is 492 g/mol. The first-order valence-corrected chi connectivity index (χ1v) is 13.7. The van der Waals surface area contributed by atoms with Crippen LogP contribution in [-0.2, 0) is 14.8 Å². The van der Waals surface area contributed by atoms with Crippen LogP contribution in [0.4, 0.5) is 11.4 Å². The standard InChI is InChI=1S/C27H30N4O5S/c1-19-18-30(27(33)26-5-4-16-36-26)25-17-22(8-11-24(25)31(19)20(2)32)21-6-9-23(10-7-21)37(34,35)29-14-12-28(3)13-15-29/h4-11,16-17,19H,12-15,18H2,1-3H3/t19-/m0/s1. The molecule has 0 N–H and O–H groups in total. The average molecular weight is 523 g/mol. The molecule has 3 heterocycles. The number of hydrogen-bond donors (Lipinski definition) is 0. The zero-order valence-corrected chi connectivity index (χ0v) is 21.9. The third kappa shape index (κ3) is 4.68. The number of likely N-dealkylation sites (N-methyl/N-ethyl adjacent to an activating group) is 1. The Morgan fingerprint density at radius 1 is 0.919 bits per heavy atom. The molecule has 3 aromatic rings. The van der Waals surface area contributed by atoms with Gasteiger partial charge in [-0.2, -0.15) is 4.31 Å². The summed E-state index contributed by atoms with van der Waals surface area (Å²) in [5, 5.41) is 0. The minimum Gasteiger partial charge on any atom is -0.459 e. The molecule has 0 aliphatic carbocycles. The Morgan fingerprint density at radius 3 is 2.22 bits per heavy atom. The van der Waals surface area contributed by atoms with E-state index in [1.165, 1.54) is 17.5 Å². The van der Waals surface area contributed by atoms with Crippen molar-refractivity contribution in [3.05, 3.63) is 66.6 Å². The topological polar surface area (TPSA) is 94.4 Å². The number of benzene rings is 2. The lowest BCUT2D eigenvalue weighted by Gasteiger charge is -2.40. The number of anilines is 2. The Kier molecular flexibility index (Phi) is 6.65. The molecule has 0 unspecified atom stereocenters. The van der Waals surface area contributed by atoms with E-state index in [2.05, 4.69) is 4.90 Å². The van der Waals surface area contributed by atoms with Gasteiger partial charge in [-0.3, -0.25) is 9.59 Å². The first kappa shape index (κ1) is 25.2. The molecule has 2 aromatic carbocycles. The normalized spacial score (nSPS) is 19.1. The maximum absolute atomic E-state index is 13.3. The number of carbonyl (C=O) groups is 2. The third-order valence-corrected chi connectivity index (χ3v) is 8.93. The molecule has 2 amide bonds. The van der Waals surface area contributed by atoms with Crippen LogP contribution in [-0.4, -0.2) is 75.3 Å². The second-order valence-electron chi connectivity index (χ2n) is 9.57. The van der Waals surface area contributed by atoms with Gasteiger partial charge in [0.05, 0.1) is 28.6 Å². The third-order valence-electron chi connectivity index (χ3n) is 7.02. The molecule has 5 rings (SSSR count). The molecule has 1 aromatic heterocycles. The molecule has 0 saturated carbocycles. The van der Waals surface area contributed by atoms with E-state index in [1.807, 2.05) is 32.2 Å². The average Bonchev–Trinajstić information content (AvgIpc) is 3.43. The van der Waals surface area contributed by atoms with Gasteiger partial charge in [0, 0.05) is 39.6 Å². The molecule has 10 heteroatoms. The number of nitrogens with zero attached hydrogens (tertiary/aromatic N) is 4. The summed E-state index contributed by atoms with van der Waals surface area (Å²) >= 11 is 0. The van der Waals surface area contributed by atoms with Crippen LogP contribution in [0.15, 0.2) is 70.2 Å². The summed E-state index contributed by atoms with van der Waals surface area (Å²) in [5.74, 6) is -0.171. The van der Waals surface area contributed by atoms with E-state index in [1.54, 1.807) is 46.2 Å². The number of hydrogen-bond acceptors (Lipinski definition) is 6. The summed E-state index contributed by atoms with van der Waals surface area (Å²) in [6, 6.07) is 15.4. The van der Waals surface area contributed by atoms with E-state index < -0.39 is 10.0 Å². The number of rotatable bonds is 4. The van der Waals surface area contributed by atoms with E-state index in [4.69, 9.17) is 4.42 Å². The highest BCUT2D eigenvalue weighted by molar-refractivity contribution is 7.89. The summed E-state index contributed by atoms with van der Waals surface area (Å²) in [4.78, 5) is 31.4. The van der Waals surface area contributed by atoms with Gasteiger partial charge < -0.3 is 19.1 Å². The SMILES string of the molecule is CC(=O)N1c2ccc(-c3ccc(S(=O)(=O)N4CCN(C)CC4)cc3)cc2N(C(=O)c2ccco2)C[C@@H]1C. The van der Waals surface area contributed by atoms with Crippen LogP contribution in [0.5, 0.6) is 0 Å². The Hall–Kier alpha value is -3.47. The molecule has 194 valence electrons. The van der Waals surface area contributed by atoms with E-state index in [-0.39, 0.29) is 28.5 Å². The second-order valence-corrected chi connectivity index (χ2v) is 11.5. The number of furan rings is 1. The quantitative estimate of drug-likeness (QED) is 0.522. The Bertz CT molecular complexity index is 1410. The lowest BCUT2D eigenvalue weighted by Crippen LogP contribution is -2.51. The maximum atomic E-state index is 13.3. The molecular formula is C27H30N4O5S. The lowest BCUT2D eigenvalue weighted by molar-refractivity contribution is -0.117. The molecule has 9 nitrogen and oxygen atoms in total. The Morgan fingerprint density at radius 2 is 1.59 bits per heavy atom. The second kappa shape index (κ2) is 9.77.